The van der Waals surface area contributed by atoms with Gasteiger partial charge in [-0.05, 0) is 50.5 Å². The number of ether oxygens (including phenoxy) is 5. The molecule has 4 rings (SSSR count). The molecule has 1 aliphatic carbocycles. The molecular formula is C31H46N4O8. The van der Waals surface area contributed by atoms with E-state index in [4.69, 9.17) is 33.6 Å². The average Bonchev–Trinajstić information content (AvgIpc) is 3.45. The lowest BCUT2D eigenvalue weighted by molar-refractivity contribution is -0.122. The molecule has 43 heavy (non-hydrogen) atoms. The van der Waals surface area contributed by atoms with Crippen LogP contribution in [-0.4, -0.2) is 122 Å². The normalized spacial score (nSPS) is 21.8. The molecule has 2 aliphatic rings. The van der Waals surface area contributed by atoms with Crippen molar-refractivity contribution in [3.63, 3.8) is 0 Å². The fraction of sp³-hybridized carbons (Fsp3) is 0.613. The molecule has 12 nitrogen and oxygen atoms in total. The van der Waals surface area contributed by atoms with Crippen molar-refractivity contribution in [2.24, 2.45) is 0 Å². The summed E-state index contributed by atoms with van der Waals surface area (Å²) >= 11 is 0. The minimum atomic E-state index is -0.435. The number of fused-ring (bicyclic) bond motifs is 1. The van der Waals surface area contributed by atoms with E-state index in [1.807, 2.05) is 25.1 Å². The highest BCUT2D eigenvalue weighted by molar-refractivity contribution is 5.87. The Kier molecular flexibility index (Phi) is 16.1. The van der Waals surface area contributed by atoms with Gasteiger partial charge in [0.1, 0.15) is 5.69 Å². The van der Waals surface area contributed by atoms with Crippen molar-refractivity contribution < 1.29 is 38.4 Å². The second-order valence-corrected chi connectivity index (χ2v) is 10.4. The minimum Gasteiger partial charge on any atom is -0.483 e. The fourth-order valence-corrected chi connectivity index (χ4v) is 5.12. The first-order chi connectivity index (χ1) is 21.0. The number of pyridine rings is 2. The highest BCUT2D eigenvalue weighted by Gasteiger charge is 2.29. The Bertz CT molecular complexity index is 1090. The highest BCUT2D eigenvalue weighted by Crippen LogP contribution is 2.25. The van der Waals surface area contributed by atoms with Crippen molar-refractivity contribution in [3.05, 3.63) is 59.2 Å². The van der Waals surface area contributed by atoms with Crippen LogP contribution < -0.4 is 0 Å². The van der Waals surface area contributed by atoms with Crippen molar-refractivity contribution in [2.45, 2.75) is 51.5 Å². The topological polar surface area (TPSA) is 133 Å². The zero-order chi connectivity index (χ0) is 30.7. The van der Waals surface area contributed by atoms with Gasteiger partial charge >= 0.3 is 5.97 Å². The Labute approximate surface area is 254 Å². The van der Waals surface area contributed by atoms with Gasteiger partial charge < -0.3 is 28.8 Å². The molecule has 0 radical (unpaired) electrons. The monoisotopic (exact) mass is 602 g/mol. The first-order valence-electron chi connectivity index (χ1n) is 14.9. The van der Waals surface area contributed by atoms with Crippen molar-refractivity contribution in [3.8, 4) is 0 Å². The van der Waals surface area contributed by atoms with Gasteiger partial charge in [0.25, 0.3) is 6.47 Å². The molecule has 2 fully saturated rings. The largest absolute Gasteiger partial charge is 0.483 e. The summed E-state index contributed by atoms with van der Waals surface area (Å²) < 4.78 is 29.3. The summed E-state index contributed by atoms with van der Waals surface area (Å²) in [6, 6.07) is 11.6. The third kappa shape index (κ3) is 13.0. The highest BCUT2D eigenvalue weighted by atomic mass is 16.5. The van der Waals surface area contributed by atoms with Crippen molar-refractivity contribution in [1.29, 1.82) is 0 Å². The Morgan fingerprint density at radius 1 is 0.860 bits per heavy atom. The fourth-order valence-electron chi connectivity index (χ4n) is 5.12. The van der Waals surface area contributed by atoms with Gasteiger partial charge in [0.15, 0.2) is 0 Å². The first-order valence-corrected chi connectivity index (χ1v) is 14.9. The van der Waals surface area contributed by atoms with Crippen molar-refractivity contribution >= 4 is 12.4 Å². The van der Waals surface area contributed by atoms with Gasteiger partial charge in [-0.3, -0.25) is 19.6 Å². The Balaban J connectivity index is 0.00000162. The number of hydrogen-bond donors (Lipinski definition) is 1. The first kappa shape index (κ1) is 34.5. The Morgan fingerprint density at radius 2 is 1.37 bits per heavy atom. The predicted octanol–water partition coefficient (Wildman–Crippen LogP) is 2.58. The second kappa shape index (κ2) is 20.0. The van der Waals surface area contributed by atoms with E-state index in [1.165, 1.54) is 7.11 Å². The predicted molar refractivity (Wildman–Crippen MR) is 159 cm³/mol. The minimum absolute atomic E-state index is 0.105. The maximum absolute atomic E-state index is 11.9. The van der Waals surface area contributed by atoms with E-state index in [2.05, 4.69) is 31.9 Å². The lowest BCUT2D eigenvalue weighted by atomic mass is 10.2. The summed E-state index contributed by atoms with van der Waals surface area (Å²) in [6.07, 6.45) is 3.37. The molecule has 1 aliphatic heterocycles. The summed E-state index contributed by atoms with van der Waals surface area (Å²) in [7, 11) is 1.36. The molecule has 3 heterocycles. The van der Waals surface area contributed by atoms with Crippen LogP contribution >= 0.6 is 0 Å². The third-order valence-corrected chi connectivity index (χ3v) is 7.27. The van der Waals surface area contributed by atoms with E-state index < -0.39 is 5.97 Å². The number of aromatic nitrogens is 2. The molecule has 2 unspecified atom stereocenters. The van der Waals surface area contributed by atoms with Gasteiger partial charge in [0.2, 0.25) is 0 Å². The summed E-state index contributed by atoms with van der Waals surface area (Å²) in [6.45, 7) is 9.69. The van der Waals surface area contributed by atoms with E-state index >= 15 is 0 Å². The summed E-state index contributed by atoms with van der Waals surface area (Å²) in [5.41, 5.74) is 3.20. The number of carbonyl (C=O) groups excluding carboxylic acids is 1. The zero-order valence-electron chi connectivity index (χ0n) is 25.4. The molecule has 12 heteroatoms. The van der Waals surface area contributed by atoms with Crippen LogP contribution in [0.2, 0.25) is 0 Å². The molecule has 2 atom stereocenters. The number of rotatable bonds is 5. The van der Waals surface area contributed by atoms with E-state index in [-0.39, 0.29) is 18.7 Å². The lowest BCUT2D eigenvalue weighted by Gasteiger charge is -2.27. The van der Waals surface area contributed by atoms with E-state index in [0.29, 0.717) is 51.9 Å². The molecule has 1 N–H and O–H groups in total. The van der Waals surface area contributed by atoms with Gasteiger partial charge in [-0.1, -0.05) is 12.1 Å². The quantitative estimate of drug-likeness (QED) is 0.398. The number of methoxy groups -OCH3 is 1. The van der Waals surface area contributed by atoms with Crippen LogP contribution in [-0.2, 0) is 41.6 Å². The van der Waals surface area contributed by atoms with Crippen LogP contribution in [0.4, 0.5) is 0 Å². The maximum atomic E-state index is 11.9. The van der Waals surface area contributed by atoms with Crippen LogP contribution in [0.5, 0.6) is 0 Å². The second-order valence-electron chi connectivity index (χ2n) is 10.4. The molecule has 2 aromatic heterocycles. The summed E-state index contributed by atoms with van der Waals surface area (Å²) in [5, 5.41) is 6.89. The molecule has 0 aromatic carbocycles. The number of aryl methyl sites for hydroxylation is 1. The standard InChI is InChI=1S/C30H44N4O6.CH2O2/c1-24-6-3-7-25(31-24)22-33-12-16-37-20-21-38-17-13-34(23-26-8-4-9-27(32-26)30(35)36-2)15-19-40-29-11-5-10-28(29)39-18-14-33;2-1-3/h3-4,6-9,28-29H,5,10-23H2,1-2H3;1H,(H,2,3). The lowest BCUT2D eigenvalue weighted by Crippen LogP contribution is -2.36. The number of carboxylic acid groups (broad SMARTS) is 1. The van der Waals surface area contributed by atoms with Crippen LogP contribution in [0.1, 0.15) is 46.8 Å². The molecule has 1 saturated carbocycles. The van der Waals surface area contributed by atoms with Gasteiger partial charge in [-0.2, -0.15) is 0 Å². The van der Waals surface area contributed by atoms with E-state index in [1.54, 1.807) is 6.07 Å². The van der Waals surface area contributed by atoms with Gasteiger partial charge in [0.05, 0.1) is 70.3 Å². The van der Waals surface area contributed by atoms with Crippen molar-refractivity contribution in [2.75, 3.05) is 72.9 Å². The van der Waals surface area contributed by atoms with Crippen LogP contribution in [0.15, 0.2) is 36.4 Å². The number of nitrogens with zero attached hydrogens (tertiary/aromatic N) is 4. The van der Waals surface area contributed by atoms with E-state index in [0.717, 1.165) is 69.1 Å². The zero-order valence-corrected chi connectivity index (χ0v) is 25.4. The Morgan fingerprint density at radius 3 is 1.91 bits per heavy atom. The summed E-state index contributed by atoms with van der Waals surface area (Å²) in [4.78, 5) is 34.0. The van der Waals surface area contributed by atoms with Gasteiger partial charge in [-0.25, -0.2) is 9.78 Å². The third-order valence-electron chi connectivity index (χ3n) is 7.27. The molecule has 0 bridgehead atoms. The molecule has 1 saturated heterocycles. The van der Waals surface area contributed by atoms with Crippen molar-refractivity contribution in [1.82, 2.24) is 19.8 Å². The van der Waals surface area contributed by atoms with Gasteiger partial charge in [0, 0.05) is 45.0 Å². The smallest absolute Gasteiger partial charge is 0.356 e. The van der Waals surface area contributed by atoms with E-state index in [9.17, 15) is 4.79 Å². The molecule has 2 aromatic rings. The van der Waals surface area contributed by atoms with Gasteiger partial charge in [-0.15, -0.1) is 0 Å². The summed E-state index contributed by atoms with van der Waals surface area (Å²) in [5.74, 6) is -0.435. The van der Waals surface area contributed by atoms with Crippen LogP contribution in [0, 0.1) is 6.92 Å². The number of hydrogen-bond acceptors (Lipinski definition) is 11. The van der Waals surface area contributed by atoms with Crippen LogP contribution in [0.25, 0.3) is 0 Å². The average molecular weight is 603 g/mol. The SMILES string of the molecule is COC(=O)c1cccc(CN2CCOCCOCCN(Cc3cccc(C)n3)CCOC3CCCC3OCC2)n1.O=CO. The maximum Gasteiger partial charge on any atom is 0.356 e. The molecule has 0 spiro atoms. The Hall–Kier alpha value is -3.00. The van der Waals surface area contributed by atoms with Crippen LogP contribution in [0.3, 0.4) is 0 Å². The molecular weight excluding hydrogens is 556 g/mol. The molecule has 238 valence electrons. The number of carbonyl (C=O) groups is 2. The molecule has 0 amide bonds. The number of esters is 1.